The molecule has 1 fully saturated rings. The zero-order valence-corrected chi connectivity index (χ0v) is 18.1. The Bertz CT molecular complexity index is 1260. The third-order valence-corrected chi connectivity index (χ3v) is 7.22. The first-order chi connectivity index (χ1) is 15.3. The maximum Gasteiger partial charge on any atom is 0.387 e. The van der Waals surface area contributed by atoms with Gasteiger partial charge in [0.2, 0.25) is 10.0 Å². The highest BCUT2D eigenvalue weighted by Gasteiger charge is 2.32. The number of piperazine rings is 1. The van der Waals surface area contributed by atoms with Gasteiger partial charge in [0.1, 0.15) is 10.6 Å². The summed E-state index contributed by atoms with van der Waals surface area (Å²) in [5.41, 5.74) is 1.34. The van der Waals surface area contributed by atoms with Crippen LogP contribution in [0.15, 0.2) is 59.6 Å². The van der Waals surface area contributed by atoms with Crippen LogP contribution in [0.25, 0.3) is 10.9 Å². The lowest BCUT2D eigenvalue weighted by Crippen LogP contribution is -2.50. The van der Waals surface area contributed by atoms with E-state index < -0.39 is 22.5 Å². The molecule has 168 valence electrons. The van der Waals surface area contributed by atoms with Gasteiger partial charge < -0.3 is 9.64 Å². The van der Waals surface area contributed by atoms with Gasteiger partial charge in [0.15, 0.2) is 0 Å². The molecule has 0 atom stereocenters. The molecule has 4 rings (SSSR count). The first-order valence-electron chi connectivity index (χ1n) is 9.96. The van der Waals surface area contributed by atoms with E-state index in [0.29, 0.717) is 5.52 Å². The van der Waals surface area contributed by atoms with Crippen molar-refractivity contribution in [1.29, 1.82) is 0 Å². The third-order valence-electron chi connectivity index (χ3n) is 5.29. The normalized spacial score (nSPS) is 15.3. The fraction of sp³-hybridized carbons (Fsp3) is 0.273. The SMILES string of the molecule is Cc1cnc2c(S(=O)(=O)N3CCN(C(=O)c4ccccc4OC(F)F)CC3)cccc2c1. The van der Waals surface area contributed by atoms with Crippen molar-refractivity contribution in [1.82, 2.24) is 14.2 Å². The minimum atomic E-state index is -3.83. The number of aromatic nitrogens is 1. The van der Waals surface area contributed by atoms with Crippen molar-refractivity contribution < 1.29 is 26.7 Å². The van der Waals surface area contributed by atoms with Crippen LogP contribution in [0.1, 0.15) is 15.9 Å². The van der Waals surface area contributed by atoms with E-state index in [2.05, 4.69) is 9.72 Å². The highest BCUT2D eigenvalue weighted by Crippen LogP contribution is 2.27. The molecular weight excluding hydrogens is 440 g/mol. The number of alkyl halides is 2. The molecule has 10 heteroatoms. The molecule has 1 aliphatic rings. The number of benzene rings is 2. The molecule has 2 aromatic carbocycles. The Hall–Kier alpha value is -3.11. The van der Waals surface area contributed by atoms with Crippen molar-refractivity contribution >= 4 is 26.8 Å². The third kappa shape index (κ3) is 4.28. The summed E-state index contributed by atoms with van der Waals surface area (Å²) >= 11 is 0. The maximum absolute atomic E-state index is 13.3. The number of pyridine rings is 1. The Kier molecular flexibility index (Phi) is 6.07. The van der Waals surface area contributed by atoms with Crippen molar-refractivity contribution in [3.8, 4) is 5.75 Å². The lowest BCUT2D eigenvalue weighted by atomic mass is 10.1. The number of carbonyl (C=O) groups is 1. The number of amides is 1. The van der Waals surface area contributed by atoms with Gasteiger partial charge >= 0.3 is 6.61 Å². The van der Waals surface area contributed by atoms with Crippen molar-refractivity contribution in [3.63, 3.8) is 0 Å². The number of hydrogen-bond donors (Lipinski definition) is 0. The van der Waals surface area contributed by atoms with Crippen LogP contribution in [0.3, 0.4) is 0 Å². The average molecular weight is 461 g/mol. The fourth-order valence-electron chi connectivity index (χ4n) is 3.73. The van der Waals surface area contributed by atoms with Crippen LogP contribution in [0, 0.1) is 6.92 Å². The second-order valence-electron chi connectivity index (χ2n) is 7.41. The zero-order valence-electron chi connectivity index (χ0n) is 17.2. The van der Waals surface area contributed by atoms with Crippen LogP contribution in [0.5, 0.6) is 5.75 Å². The molecule has 1 amide bonds. The Morgan fingerprint density at radius 1 is 1.06 bits per heavy atom. The summed E-state index contributed by atoms with van der Waals surface area (Å²) < 4.78 is 57.6. The minimum absolute atomic E-state index is 0.0118. The van der Waals surface area contributed by atoms with Crippen molar-refractivity contribution in [2.75, 3.05) is 26.2 Å². The molecule has 0 aliphatic carbocycles. The molecule has 32 heavy (non-hydrogen) atoms. The van der Waals surface area contributed by atoms with Gasteiger partial charge in [-0.2, -0.15) is 13.1 Å². The van der Waals surface area contributed by atoms with Gasteiger partial charge in [-0.05, 0) is 36.8 Å². The van der Waals surface area contributed by atoms with Gasteiger partial charge in [0.05, 0.1) is 11.1 Å². The quantitative estimate of drug-likeness (QED) is 0.583. The summed E-state index contributed by atoms with van der Waals surface area (Å²) in [6.07, 6.45) is 1.62. The Morgan fingerprint density at radius 3 is 2.50 bits per heavy atom. The van der Waals surface area contributed by atoms with Gasteiger partial charge in [-0.1, -0.05) is 24.3 Å². The van der Waals surface area contributed by atoms with Crippen LogP contribution < -0.4 is 4.74 Å². The number of rotatable bonds is 5. The monoisotopic (exact) mass is 461 g/mol. The number of ether oxygens (including phenoxy) is 1. The summed E-state index contributed by atoms with van der Waals surface area (Å²) in [7, 11) is -3.83. The largest absolute Gasteiger partial charge is 0.434 e. The zero-order chi connectivity index (χ0) is 22.9. The Labute approximate surface area is 184 Å². The van der Waals surface area contributed by atoms with E-state index in [1.54, 1.807) is 18.3 Å². The number of hydrogen-bond acceptors (Lipinski definition) is 5. The molecule has 0 saturated carbocycles. The molecule has 0 unspecified atom stereocenters. The number of carbonyl (C=O) groups excluding carboxylic acids is 1. The van der Waals surface area contributed by atoms with E-state index in [1.165, 1.54) is 33.5 Å². The summed E-state index contributed by atoms with van der Waals surface area (Å²) in [6, 6.07) is 12.6. The number of aryl methyl sites for hydroxylation is 1. The Balaban J connectivity index is 1.53. The van der Waals surface area contributed by atoms with Crippen LogP contribution >= 0.6 is 0 Å². The van der Waals surface area contributed by atoms with E-state index in [-0.39, 0.29) is 42.4 Å². The minimum Gasteiger partial charge on any atom is -0.434 e. The van der Waals surface area contributed by atoms with Crippen LogP contribution in [-0.2, 0) is 10.0 Å². The number of fused-ring (bicyclic) bond motifs is 1. The number of para-hydroxylation sites is 2. The van der Waals surface area contributed by atoms with Crippen LogP contribution in [0.4, 0.5) is 8.78 Å². The summed E-state index contributed by atoms with van der Waals surface area (Å²) in [6.45, 7) is -0.767. The van der Waals surface area contributed by atoms with Crippen molar-refractivity contribution in [3.05, 3.63) is 65.9 Å². The molecule has 2 heterocycles. The van der Waals surface area contributed by atoms with Gasteiger partial charge in [-0.3, -0.25) is 9.78 Å². The predicted octanol–water partition coefficient (Wildman–Crippen LogP) is 3.29. The maximum atomic E-state index is 13.3. The number of halogens is 2. The van der Waals surface area contributed by atoms with E-state index in [1.807, 2.05) is 19.1 Å². The van der Waals surface area contributed by atoms with Gasteiger partial charge in [-0.25, -0.2) is 8.42 Å². The second-order valence-corrected chi connectivity index (χ2v) is 9.32. The first-order valence-corrected chi connectivity index (χ1v) is 11.4. The van der Waals surface area contributed by atoms with Crippen molar-refractivity contribution in [2.24, 2.45) is 0 Å². The Morgan fingerprint density at radius 2 is 1.78 bits per heavy atom. The summed E-state index contributed by atoms with van der Waals surface area (Å²) in [5, 5.41) is 0.732. The molecule has 0 spiro atoms. The molecule has 1 aliphatic heterocycles. The van der Waals surface area contributed by atoms with E-state index >= 15 is 0 Å². The molecular formula is C22H21F2N3O4S. The second kappa shape index (κ2) is 8.79. The molecule has 0 radical (unpaired) electrons. The topological polar surface area (TPSA) is 79.8 Å². The van der Waals surface area contributed by atoms with E-state index in [0.717, 1.165) is 10.9 Å². The summed E-state index contributed by atoms with van der Waals surface area (Å²) in [5.74, 6) is -0.694. The van der Waals surface area contributed by atoms with E-state index in [9.17, 15) is 22.0 Å². The predicted molar refractivity (Wildman–Crippen MR) is 114 cm³/mol. The number of sulfonamides is 1. The first kappa shape index (κ1) is 22.1. The lowest BCUT2D eigenvalue weighted by Gasteiger charge is -2.34. The molecule has 3 aromatic rings. The van der Waals surface area contributed by atoms with Crippen molar-refractivity contribution in [2.45, 2.75) is 18.4 Å². The fourth-order valence-corrected chi connectivity index (χ4v) is 5.32. The average Bonchev–Trinajstić information content (AvgIpc) is 2.78. The lowest BCUT2D eigenvalue weighted by molar-refractivity contribution is -0.0503. The molecule has 1 aromatic heterocycles. The highest BCUT2D eigenvalue weighted by atomic mass is 32.2. The molecule has 0 bridgehead atoms. The highest BCUT2D eigenvalue weighted by molar-refractivity contribution is 7.89. The van der Waals surface area contributed by atoms with Crippen LogP contribution in [0.2, 0.25) is 0 Å². The van der Waals surface area contributed by atoms with Gasteiger partial charge in [0, 0.05) is 37.8 Å². The van der Waals surface area contributed by atoms with E-state index in [4.69, 9.17) is 0 Å². The number of nitrogens with zero attached hydrogens (tertiary/aromatic N) is 3. The standard InChI is InChI=1S/C22H21F2N3O4S/c1-15-13-16-5-4-8-19(20(16)25-14-15)32(29,30)27-11-9-26(10-12-27)21(28)17-6-2-3-7-18(17)31-22(23)24/h2-8,13-14,22H,9-12H2,1H3. The summed E-state index contributed by atoms with van der Waals surface area (Å²) in [4.78, 5) is 18.7. The van der Waals surface area contributed by atoms with Crippen LogP contribution in [-0.4, -0.2) is 61.3 Å². The van der Waals surface area contributed by atoms with Gasteiger partial charge in [-0.15, -0.1) is 0 Å². The molecule has 0 N–H and O–H groups in total. The smallest absolute Gasteiger partial charge is 0.387 e. The molecule has 7 nitrogen and oxygen atoms in total. The van der Waals surface area contributed by atoms with Gasteiger partial charge in [0.25, 0.3) is 5.91 Å². The molecule has 1 saturated heterocycles.